The van der Waals surface area contributed by atoms with Gasteiger partial charge in [0.05, 0.1) is 31.1 Å². The molecule has 0 saturated heterocycles. The van der Waals surface area contributed by atoms with Crippen molar-refractivity contribution in [2.75, 3.05) is 17.7 Å². The van der Waals surface area contributed by atoms with Gasteiger partial charge in [-0.05, 0) is 35.9 Å². The Bertz CT molecular complexity index is 970. The lowest BCUT2D eigenvalue weighted by molar-refractivity contribution is -0.137. The Morgan fingerprint density at radius 2 is 1.86 bits per heavy atom. The fourth-order valence-corrected chi connectivity index (χ4v) is 2.54. The Kier molecular flexibility index (Phi) is 5.53. The van der Waals surface area contributed by atoms with Gasteiger partial charge in [0.25, 0.3) is 0 Å². The fraction of sp³-hybridized carbons (Fsp3) is 0.158. The van der Waals surface area contributed by atoms with E-state index in [0.29, 0.717) is 12.2 Å². The van der Waals surface area contributed by atoms with E-state index in [-0.39, 0.29) is 5.69 Å². The minimum atomic E-state index is -4.48. The molecule has 2 N–H and O–H groups in total. The summed E-state index contributed by atoms with van der Waals surface area (Å²) in [7, 11) is 1.58. The first-order chi connectivity index (χ1) is 13.3. The van der Waals surface area contributed by atoms with Gasteiger partial charge in [0.1, 0.15) is 5.75 Å². The summed E-state index contributed by atoms with van der Waals surface area (Å²) in [5.41, 5.74) is 0.572. The van der Waals surface area contributed by atoms with Crippen LogP contribution in [0.25, 0.3) is 0 Å². The van der Waals surface area contributed by atoms with Crippen LogP contribution >= 0.6 is 0 Å². The lowest BCUT2D eigenvalue weighted by Gasteiger charge is -2.10. The van der Waals surface area contributed by atoms with Crippen LogP contribution in [-0.4, -0.2) is 22.9 Å². The van der Waals surface area contributed by atoms with Crippen molar-refractivity contribution in [1.82, 2.24) is 9.78 Å². The third-order valence-corrected chi connectivity index (χ3v) is 3.82. The average molecular weight is 390 g/mol. The molecule has 0 aliphatic rings. The molecule has 0 spiro atoms. The molecular weight excluding hydrogens is 373 g/mol. The standard InChI is InChI=1S/C19H17F3N4O2/c1-28-17-7-2-4-13(8-17)11-26-12-16(10-23-26)25-18(27)24-15-6-3-5-14(9-15)19(20,21)22/h2-10,12H,11H2,1H3,(H2,24,25,27). The number of methoxy groups -OCH3 is 1. The van der Waals surface area contributed by atoms with Crippen LogP contribution < -0.4 is 15.4 Å². The minimum absolute atomic E-state index is 0.0381. The Labute approximate surface area is 158 Å². The van der Waals surface area contributed by atoms with Crippen LogP contribution in [-0.2, 0) is 12.7 Å². The highest BCUT2D eigenvalue weighted by Gasteiger charge is 2.30. The molecule has 0 unspecified atom stereocenters. The maximum Gasteiger partial charge on any atom is 0.416 e. The molecule has 1 heterocycles. The number of carbonyl (C=O) groups excluding carboxylic acids is 1. The van der Waals surface area contributed by atoms with Crippen LogP contribution in [0.1, 0.15) is 11.1 Å². The molecule has 0 atom stereocenters. The number of aromatic nitrogens is 2. The number of nitrogens with one attached hydrogen (secondary N) is 2. The SMILES string of the molecule is COc1cccc(Cn2cc(NC(=O)Nc3cccc(C(F)(F)F)c3)cn2)c1. The lowest BCUT2D eigenvalue weighted by Crippen LogP contribution is -2.19. The summed E-state index contributed by atoms with van der Waals surface area (Å²) >= 11 is 0. The zero-order valence-corrected chi connectivity index (χ0v) is 14.8. The number of alkyl halides is 3. The number of anilines is 2. The maximum absolute atomic E-state index is 12.7. The highest BCUT2D eigenvalue weighted by Crippen LogP contribution is 2.30. The van der Waals surface area contributed by atoms with Gasteiger partial charge < -0.3 is 15.4 Å². The summed E-state index contributed by atoms with van der Waals surface area (Å²) in [5.74, 6) is 0.725. The summed E-state index contributed by atoms with van der Waals surface area (Å²) in [6.07, 6.45) is -1.41. The second-order valence-corrected chi connectivity index (χ2v) is 5.94. The monoisotopic (exact) mass is 390 g/mol. The molecule has 146 valence electrons. The Morgan fingerprint density at radius 3 is 2.61 bits per heavy atom. The fourth-order valence-electron chi connectivity index (χ4n) is 2.54. The molecule has 0 radical (unpaired) electrons. The highest BCUT2D eigenvalue weighted by molar-refractivity contribution is 5.99. The van der Waals surface area contributed by atoms with Crippen LogP contribution in [0.2, 0.25) is 0 Å². The van der Waals surface area contributed by atoms with E-state index in [1.54, 1.807) is 18.0 Å². The number of carbonyl (C=O) groups is 1. The summed E-state index contributed by atoms with van der Waals surface area (Å²) < 4.78 is 45.0. The Balaban J connectivity index is 1.61. The molecule has 6 nitrogen and oxygen atoms in total. The van der Waals surface area contributed by atoms with Crippen LogP contribution in [0, 0.1) is 0 Å². The highest BCUT2D eigenvalue weighted by atomic mass is 19.4. The number of hydrogen-bond acceptors (Lipinski definition) is 3. The first kappa shape index (κ1) is 19.3. The molecule has 2 aromatic carbocycles. The van der Waals surface area contributed by atoms with Crippen molar-refractivity contribution in [2.24, 2.45) is 0 Å². The van der Waals surface area contributed by atoms with Crippen molar-refractivity contribution >= 4 is 17.4 Å². The first-order valence-electron chi connectivity index (χ1n) is 8.24. The number of halogens is 3. The smallest absolute Gasteiger partial charge is 0.416 e. The second kappa shape index (κ2) is 8.03. The van der Waals surface area contributed by atoms with E-state index in [0.717, 1.165) is 23.4 Å². The van der Waals surface area contributed by atoms with Crippen molar-refractivity contribution < 1.29 is 22.7 Å². The van der Waals surface area contributed by atoms with Crippen molar-refractivity contribution in [3.05, 3.63) is 72.1 Å². The number of amides is 2. The van der Waals surface area contributed by atoms with E-state index in [1.165, 1.54) is 18.3 Å². The number of hydrogen-bond donors (Lipinski definition) is 2. The van der Waals surface area contributed by atoms with Gasteiger partial charge in [-0.25, -0.2) is 4.79 Å². The van der Waals surface area contributed by atoms with Crippen LogP contribution in [0.5, 0.6) is 5.75 Å². The molecule has 0 saturated carbocycles. The first-order valence-corrected chi connectivity index (χ1v) is 8.24. The van der Waals surface area contributed by atoms with E-state index in [4.69, 9.17) is 4.74 Å². The quantitative estimate of drug-likeness (QED) is 0.669. The van der Waals surface area contributed by atoms with E-state index in [1.807, 2.05) is 24.3 Å². The van der Waals surface area contributed by atoms with Gasteiger partial charge in [0.15, 0.2) is 0 Å². The topological polar surface area (TPSA) is 68.2 Å². The predicted octanol–water partition coefficient (Wildman–Crippen LogP) is 4.60. The second-order valence-electron chi connectivity index (χ2n) is 5.94. The van der Waals surface area contributed by atoms with Crippen molar-refractivity contribution in [3.63, 3.8) is 0 Å². The summed E-state index contributed by atoms with van der Waals surface area (Å²) in [5, 5.41) is 9.07. The van der Waals surface area contributed by atoms with Crippen molar-refractivity contribution in [2.45, 2.75) is 12.7 Å². The normalized spacial score (nSPS) is 11.1. The van der Waals surface area contributed by atoms with Crippen LogP contribution in [0.4, 0.5) is 29.3 Å². The van der Waals surface area contributed by atoms with Gasteiger partial charge in [-0.2, -0.15) is 18.3 Å². The van der Waals surface area contributed by atoms with E-state index in [2.05, 4.69) is 15.7 Å². The number of benzene rings is 2. The summed E-state index contributed by atoms with van der Waals surface area (Å²) in [4.78, 5) is 12.0. The zero-order valence-electron chi connectivity index (χ0n) is 14.8. The predicted molar refractivity (Wildman–Crippen MR) is 98.4 cm³/mol. The van der Waals surface area contributed by atoms with Gasteiger partial charge in [0, 0.05) is 11.9 Å². The third-order valence-electron chi connectivity index (χ3n) is 3.82. The molecule has 0 fully saturated rings. The van der Waals surface area contributed by atoms with Gasteiger partial charge in [-0.15, -0.1) is 0 Å². The third kappa shape index (κ3) is 5.03. The molecule has 1 aromatic heterocycles. The summed E-state index contributed by atoms with van der Waals surface area (Å²) in [6, 6.07) is 11.2. The molecule has 28 heavy (non-hydrogen) atoms. The number of nitrogens with zero attached hydrogens (tertiary/aromatic N) is 2. The van der Waals surface area contributed by atoms with E-state index in [9.17, 15) is 18.0 Å². The molecule has 9 heteroatoms. The molecule has 0 aliphatic heterocycles. The molecule has 3 aromatic rings. The Morgan fingerprint density at radius 1 is 1.11 bits per heavy atom. The van der Waals surface area contributed by atoms with Crippen molar-refractivity contribution in [3.8, 4) is 5.75 Å². The summed E-state index contributed by atoms with van der Waals surface area (Å²) in [6.45, 7) is 0.466. The van der Waals surface area contributed by atoms with Crippen molar-refractivity contribution in [1.29, 1.82) is 0 Å². The zero-order chi connectivity index (χ0) is 20.1. The molecular formula is C19H17F3N4O2. The van der Waals surface area contributed by atoms with E-state index >= 15 is 0 Å². The number of rotatable bonds is 5. The Hall–Kier alpha value is -3.49. The largest absolute Gasteiger partial charge is 0.497 e. The molecule has 3 rings (SSSR count). The average Bonchev–Trinajstić information content (AvgIpc) is 3.08. The number of urea groups is 1. The van der Waals surface area contributed by atoms with Gasteiger partial charge >= 0.3 is 12.2 Å². The molecule has 0 aliphatic carbocycles. The van der Waals surface area contributed by atoms with E-state index < -0.39 is 17.8 Å². The van der Waals surface area contributed by atoms with Gasteiger partial charge in [-0.1, -0.05) is 18.2 Å². The molecule has 2 amide bonds. The lowest BCUT2D eigenvalue weighted by atomic mass is 10.2. The number of ether oxygens (including phenoxy) is 1. The maximum atomic E-state index is 12.7. The van der Waals surface area contributed by atoms with Gasteiger partial charge in [0.2, 0.25) is 0 Å². The van der Waals surface area contributed by atoms with Gasteiger partial charge in [-0.3, -0.25) is 4.68 Å². The van der Waals surface area contributed by atoms with Crippen LogP contribution in [0.15, 0.2) is 60.9 Å². The minimum Gasteiger partial charge on any atom is -0.497 e. The molecule has 0 bridgehead atoms. The van der Waals surface area contributed by atoms with Crippen LogP contribution in [0.3, 0.4) is 0 Å².